The zero-order valence-electron chi connectivity index (χ0n) is 9.39. The van der Waals surface area contributed by atoms with Crippen molar-refractivity contribution >= 4 is 0 Å². The molecule has 3 unspecified atom stereocenters. The SMILES string of the molecule is CC1CCC(C(CCCC(F)(F)F)NN)O1. The summed E-state index contributed by atoms with van der Waals surface area (Å²) in [7, 11) is 0. The van der Waals surface area contributed by atoms with Crippen molar-refractivity contribution in [2.24, 2.45) is 5.84 Å². The van der Waals surface area contributed by atoms with Crippen LogP contribution in [0, 0.1) is 0 Å². The van der Waals surface area contributed by atoms with E-state index in [1.807, 2.05) is 6.92 Å². The first-order chi connectivity index (χ1) is 7.42. The van der Waals surface area contributed by atoms with Crippen molar-refractivity contribution in [2.75, 3.05) is 0 Å². The molecule has 3 N–H and O–H groups in total. The van der Waals surface area contributed by atoms with Crippen molar-refractivity contribution in [3.05, 3.63) is 0 Å². The highest BCUT2D eigenvalue weighted by Crippen LogP contribution is 2.26. The van der Waals surface area contributed by atoms with Gasteiger partial charge in [-0.25, -0.2) is 0 Å². The van der Waals surface area contributed by atoms with Crippen LogP contribution in [0.4, 0.5) is 13.2 Å². The van der Waals surface area contributed by atoms with E-state index < -0.39 is 12.6 Å². The minimum absolute atomic E-state index is 0.0479. The standard InChI is InChI=1S/C10H19F3N2O/c1-7-4-5-9(16-7)8(15-14)3-2-6-10(11,12)13/h7-9,15H,2-6,14H2,1H3. The van der Waals surface area contributed by atoms with E-state index in [0.29, 0.717) is 6.42 Å². The normalized spacial score (nSPS) is 28.3. The molecule has 0 aromatic rings. The van der Waals surface area contributed by atoms with Gasteiger partial charge in [-0.1, -0.05) is 0 Å². The van der Waals surface area contributed by atoms with Gasteiger partial charge in [0.2, 0.25) is 0 Å². The summed E-state index contributed by atoms with van der Waals surface area (Å²) in [6.07, 6.45) is -2.41. The molecule has 0 spiro atoms. The van der Waals surface area contributed by atoms with Crippen molar-refractivity contribution in [1.29, 1.82) is 0 Å². The van der Waals surface area contributed by atoms with Crippen LogP contribution in [-0.4, -0.2) is 24.4 Å². The molecule has 0 bridgehead atoms. The number of rotatable bonds is 5. The van der Waals surface area contributed by atoms with Gasteiger partial charge in [0.1, 0.15) is 0 Å². The van der Waals surface area contributed by atoms with Crippen LogP contribution in [0.1, 0.15) is 39.0 Å². The van der Waals surface area contributed by atoms with Crippen molar-refractivity contribution < 1.29 is 17.9 Å². The van der Waals surface area contributed by atoms with E-state index in [0.717, 1.165) is 12.8 Å². The molecule has 0 aromatic heterocycles. The Hall–Kier alpha value is -0.330. The Morgan fingerprint density at radius 2 is 2.12 bits per heavy atom. The number of nitrogens with two attached hydrogens (primary N) is 1. The Bertz CT molecular complexity index is 211. The summed E-state index contributed by atoms with van der Waals surface area (Å²) >= 11 is 0. The molecule has 96 valence electrons. The summed E-state index contributed by atoms with van der Waals surface area (Å²) in [6.45, 7) is 1.96. The lowest BCUT2D eigenvalue weighted by Gasteiger charge is -2.22. The van der Waals surface area contributed by atoms with E-state index in [2.05, 4.69) is 5.43 Å². The van der Waals surface area contributed by atoms with E-state index in [1.165, 1.54) is 0 Å². The van der Waals surface area contributed by atoms with Crippen LogP contribution in [0.5, 0.6) is 0 Å². The summed E-state index contributed by atoms with van der Waals surface area (Å²) in [6, 6.07) is -0.174. The van der Waals surface area contributed by atoms with Gasteiger partial charge in [-0.15, -0.1) is 0 Å². The second kappa shape index (κ2) is 5.84. The second-order valence-corrected chi connectivity index (χ2v) is 4.34. The minimum atomic E-state index is -4.08. The maximum Gasteiger partial charge on any atom is 0.389 e. The van der Waals surface area contributed by atoms with Crippen LogP contribution in [-0.2, 0) is 4.74 Å². The molecule has 0 radical (unpaired) electrons. The first kappa shape index (κ1) is 13.7. The van der Waals surface area contributed by atoms with Gasteiger partial charge in [-0.3, -0.25) is 11.3 Å². The lowest BCUT2D eigenvalue weighted by Crippen LogP contribution is -2.44. The average Bonchev–Trinajstić information content (AvgIpc) is 2.58. The van der Waals surface area contributed by atoms with Crippen molar-refractivity contribution in [2.45, 2.75) is 63.5 Å². The van der Waals surface area contributed by atoms with E-state index in [-0.39, 0.29) is 24.7 Å². The Morgan fingerprint density at radius 1 is 1.44 bits per heavy atom. The van der Waals surface area contributed by atoms with Gasteiger partial charge in [0.25, 0.3) is 0 Å². The van der Waals surface area contributed by atoms with E-state index in [1.54, 1.807) is 0 Å². The smallest absolute Gasteiger partial charge is 0.374 e. The summed E-state index contributed by atoms with van der Waals surface area (Å²) in [4.78, 5) is 0. The molecular formula is C10H19F3N2O. The number of nitrogens with one attached hydrogen (secondary N) is 1. The van der Waals surface area contributed by atoms with E-state index >= 15 is 0 Å². The molecule has 1 fully saturated rings. The van der Waals surface area contributed by atoms with Crippen LogP contribution in [0.2, 0.25) is 0 Å². The van der Waals surface area contributed by atoms with E-state index in [4.69, 9.17) is 10.6 Å². The Labute approximate surface area is 93.5 Å². The van der Waals surface area contributed by atoms with Gasteiger partial charge in [0.15, 0.2) is 0 Å². The highest BCUT2D eigenvalue weighted by atomic mass is 19.4. The molecular weight excluding hydrogens is 221 g/mol. The number of alkyl halides is 3. The number of ether oxygens (including phenoxy) is 1. The highest BCUT2D eigenvalue weighted by Gasteiger charge is 2.31. The van der Waals surface area contributed by atoms with Gasteiger partial charge in [0, 0.05) is 12.5 Å². The highest BCUT2D eigenvalue weighted by molar-refractivity contribution is 4.81. The summed E-state index contributed by atoms with van der Waals surface area (Å²) in [5, 5.41) is 0. The Morgan fingerprint density at radius 3 is 2.56 bits per heavy atom. The molecule has 3 nitrogen and oxygen atoms in total. The lowest BCUT2D eigenvalue weighted by molar-refractivity contribution is -0.136. The molecule has 16 heavy (non-hydrogen) atoms. The number of hydrazine groups is 1. The van der Waals surface area contributed by atoms with Gasteiger partial charge < -0.3 is 4.74 Å². The van der Waals surface area contributed by atoms with Crippen LogP contribution in [0.25, 0.3) is 0 Å². The number of hydrogen-bond donors (Lipinski definition) is 2. The molecule has 1 aliphatic rings. The third-order valence-electron chi connectivity index (χ3n) is 2.90. The van der Waals surface area contributed by atoms with Crippen molar-refractivity contribution in [3.63, 3.8) is 0 Å². The average molecular weight is 240 g/mol. The molecule has 6 heteroatoms. The molecule has 0 saturated carbocycles. The minimum Gasteiger partial charge on any atom is -0.374 e. The predicted molar refractivity (Wildman–Crippen MR) is 54.6 cm³/mol. The fourth-order valence-electron chi connectivity index (χ4n) is 2.03. The van der Waals surface area contributed by atoms with Crippen LogP contribution in [0.3, 0.4) is 0 Å². The summed E-state index contributed by atoms with van der Waals surface area (Å²) < 4.78 is 41.5. The number of hydrogen-bond acceptors (Lipinski definition) is 3. The predicted octanol–water partition coefficient (Wildman–Crippen LogP) is 2.12. The van der Waals surface area contributed by atoms with Crippen molar-refractivity contribution in [3.8, 4) is 0 Å². The Kier molecular flexibility index (Phi) is 5.01. The fraction of sp³-hybridized carbons (Fsp3) is 1.00. The van der Waals surface area contributed by atoms with Gasteiger partial charge in [0.05, 0.1) is 12.2 Å². The van der Waals surface area contributed by atoms with Crippen molar-refractivity contribution in [1.82, 2.24) is 5.43 Å². The van der Waals surface area contributed by atoms with Gasteiger partial charge >= 0.3 is 6.18 Å². The molecule has 1 rings (SSSR count). The first-order valence-electron chi connectivity index (χ1n) is 5.60. The largest absolute Gasteiger partial charge is 0.389 e. The Balaban J connectivity index is 2.27. The summed E-state index contributed by atoms with van der Waals surface area (Å²) in [5.74, 6) is 5.34. The zero-order valence-corrected chi connectivity index (χ0v) is 9.39. The molecule has 3 atom stereocenters. The third-order valence-corrected chi connectivity index (χ3v) is 2.90. The molecule has 1 heterocycles. The van der Waals surface area contributed by atoms with Crippen LogP contribution < -0.4 is 11.3 Å². The number of halogens is 3. The molecule has 0 aromatic carbocycles. The first-order valence-corrected chi connectivity index (χ1v) is 5.60. The summed E-state index contributed by atoms with van der Waals surface area (Å²) in [5.41, 5.74) is 2.56. The second-order valence-electron chi connectivity index (χ2n) is 4.34. The topological polar surface area (TPSA) is 47.3 Å². The monoisotopic (exact) mass is 240 g/mol. The maximum absolute atomic E-state index is 12.0. The van der Waals surface area contributed by atoms with E-state index in [9.17, 15) is 13.2 Å². The fourth-order valence-corrected chi connectivity index (χ4v) is 2.03. The molecule has 1 aliphatic heterocycles. The molecule has 1 saturated heterocycles. The van der Waals surface area contributed by atoms with Crippen LogP contribution in [0.15, 0.2) is 0 Å². The van der Waals surface area contributed by atoms with Crippen LogP contribution >= 0.6 is 0 Å². The maximum atomic E-state index is 12.0. The quantitative estimate of drug-likeness (QED) is 0.571. The lowest BCUT2D eigenvalue weighted by atomic mass is 10.0. The zero-order chi connectivity index (χ0) is 12.2. The molecule has 0 aliphatic carbocycles. The third kappa shape index (κ3) is 4.67. The molecule has 0 amide bonds. The van der Waals surface area contributed by atoms with Gasteiger partial charge in [-0.2, -0.15) is 13.2 Å². The van der Waals surface area contributed by atoms with Gasteiger partial charge in [-0.05, 0) is 32.6 Å².